The first-order valence-corrected chi connectivity index (χ1v) is 17.9. The minimum absolute atomic E-state index is 0.0276. The molecule has 60 heavy (non-hydrogen) atoms. The van der Waals surface area contributed by atoms with Crippen molar-refractivity contribution in [2.75, 3.05) is 32.7 Å². The standard InChI is InChI=1S/C44H34F6N6O4/c1-23-19-27(7-17-37(23)55-39(57)25-3-9-29(51)10-4-25)41(59)53-31-13-15-33(35(21-31)43(45,46)47)34-16-14-32(22-36(34)44(48,49)50)54-42(60)28-8-18-38(24(2)20-28)56-40(58)26-5-11-30(52)12-6-26/h3-22H,51-52H2,1-2H3,(H,53,59)(H,54,60)(H,55,57)(H,56,58). The van der Waals surface area contributed by atoms with Crippen LogP contribution in [0.3, 0.4) is 0 Å². The molecule has 0 bridgehead atoms. The van der Waals surface area contributed by atoms with Gasteiger partial charge in [-0.1, -0.05) is 12.1 Å². The lowest BCUT2D eigenvalue weighted by Gasteiger charge is -2.20. The Labute approximate surface area is 338 Å². The van der Waals surface area contributed by atoms with Gasteiger partial charge in [-0.25, -0.2) is 0 Å². The monoisotopic (exact) mass is 824 g/mol. The van der Waals surface area contributed by atoms with Crippen molar-refractivity contribution in [3.63, 3.8) is 0 Å². The summed E-state index contributed by atoms with van der Waals surface area (Å²) >= 11 is 0. The van der Waals surface area contributed by atoms with Gasteiger partial charge in [0.05, 0.1) is 11.1 Å². The third kappa shape index (κ3) is 9.73. The zero-order valence-corrected chi connectivity index (χ0v) is 31.6. The summed E-state index contributed by atoms with van der Waals surface area (Å²) in [6.45, 7) is 3.21. The van der Waals surface area contributed by atoms with Gasteiger partial charge in [-0.2, -0.15) is 26.3 Å². The van der Waals surface area contributed by atoms with Crippen LogP contribution in [-0.2, 0) is 12.4 Å². The van der Waals surface area contributed by atoms with Gasteiger partial charge < -0.3 is 32.7 Å². The first-order chi connectivity index (χ1) is 28.3. The maximum Gasteiger partial charge on any atom is 0.417 e. The molecule has 0 aliphatic rings. The highest BCUT2D eigenvalue weighted by molar-refractivity contribution is 6.08. The number of carbonyl (C=O) groups excluding carboxylic acids is 4. The van der Waals surface area contributed by atoms with Crippen LogP contribution in [-0.4, -0.2) is 23.6 Å². The molecule has 0 aliphatic heterocycles. The smallest absolute Gasteiger partial charge is 0.399 e. The second-order valence-electron chi connectivity index (χ2n) is 13.6. The summed E-state index contributed by atoms with van der Waals surface area (Å²) in [6, 6.07) is 25.5. The fraction of sp³-hybridized carbons (Fsp3) is 0.0909. The minimum atomic E-state index is -5.16. The summed E-state index contributed by atoms with van der Waals surface area (Å²) in [7, 11) is 0. The van der Waals surface area contributed by atoms with Gasteiger partial charge in [-0.15, -0.1) is 0 Å². The van der Waals surface area contributed by atoms with Crippen molar-refractivity contribution >= 4 is 57.8 Å². The number of nitrogen functional groups attached to an aromatic ring is 2. The third-order valence-electron chi connectivity index (χ3n) is 9.28. The van der Waals surface area contributed by atoms with Crippen LogP contribution in [0.4, 0.5) is 60.5 Å². The normalized spacial score (nSPS) is 11.4. The molecule has 0 atom stereocenters. The number of alkyl halides is 6. The van der Waals surface area contributed by atoms with Crippen LogP contribution in [0.5, 0.6) is 0 Å². The number of benzene rings is 6. The minimum Gasteiger partial charge on any atom is -0.399 e. The van der Waals surface area contributed by atoms with E-state index in [4.69, 9.17) is 11.5 Å². The van der Waals surface area contributed by atoms with Gasteiger partial charge >= 0.3 is 12.4 Å². The van der Waals surface area contributed by atoms with Gasteiger partial charge in [0.25, 0.3) is 23.6 Å². The lowest BCUT2D eigenvalue weighted by Crippen LogP contribution is -2.17. The molecule has 0 radical (unpaired) electrons. The molecule has 6 rings (SSSR count). The molecule has 6 aromatic carbocycles. The van der Waals surface area contributed by atoms with E-state index >= 15 is 0 Å². The largest absolute Gasteiger partial charge is 0.417 e. The average Bonchev–Trinajstić information content (AvgIpc) is 3.19. The second kappa shape index (κ2) is 16.7. The number of hydrogen-bond acceptors (Lipinski definition) is 6. The van der Waals surface area contributed by atoms with Gasteiger partial charge in [0.2, 0.25) is 0 Å². The number of nitrogens with one attached hydrogen (secondary N) is 4. The molecule has 0 fully saturated rings. The van der Waals surface area contributed by atoms with Gasteiger partial charge in [0.1, 0.15) is 0 Å². The number of amides is 4. The number of halogens is 6. The van der Waals surface area contributed by atoms with Gasteiger partial charge in [-0.3, -0.25) is 19.2 Å². The van der Waals surface area contributed by atoms with E-state index in [1.807, 2.05) is 0 Å². The van der Waals surface area contributed by atoms with E-state index in [1.54, 1.807) is 38.1 Å². The lowest BCUT2D eigenvalue weighted by molar-refractivity contribution is -0.139. The fourth-order valence-electron chi connectivity index (χ4n) is 6.14. The Kier molecular flexibility index (Phi) is 11.7. The Bertz CT molecular complexity index is 2460. The third-order valence-corrected chi connectivity index (χ3v) is 9.28. The van der Waals surface area contributed by atoms with E-state index in [9.17, 15) is 45.5 Å². The van der Waals surface area contributed by atoms with Crippen LogP contribution in [0.2, 0.25) is 0 Å². The molecule has 0 spiro atoms. The molecule has 4 amide bonds. The SMILES string of the molecule is Cc1cc(C(=O)Nc2ccc(-c3ccc(NC(=O)c4ccc(NC(=O)c5ccc(N)cc5)c(C)c4)cc3C(F)(F)F)c(C(F)(F)F)c2)ccc1NC(=O)c1ccc(N)cc1. The molecule has 0 saturated heterocycles. The first-order valence-electron chi connectivity index (χ1n) is 17.9. The van der Waals surface area contributed by atoms with Crippen LogP contribution in [0.25, 0.3) is 11.1 Å². The maximum atomic E-state index is 14.5. The molecular formula is C44H34F6N6O4. The molecule has 0 heterocycles. The van der Waals surface area contributed by atoms with Crippen molar-refractivity contribution in [2.24, 2.45) is 0 Å². The second-order valence-corrected chi connectivity index (χ2v) is 13.6. The summed E-state index contributed by atoms with van der Waals surface area (Å²) in [5, 5.41) is 10.1. The van der Waals surface area contributed by atoms with Crippen molar-refractivity contribution in [1.82, 2.24) is 0 Å². The zero-order chi connectivity index (χ0) is 43.5. The lowest BCUT2D eigenvalue weighted by atomic mass is 9.93. The Morgan fingerprint density at radius 3 is 1.05 bits per heavy atom. The highest BCUT2D eigenvalue weighted by Crippen LogP contribution is 2.44. The average molecular weight is 825 g/mol. The predicted octanol–water partition coefficient (Wildman–Crippen LogP) is 10.2. The molecule has 16 heteroatoms. The molecule has 10 nitrogen and oxygen atoms in total. The van der Waals surface area contributed by atoms with E-state index in [0.29, 0.717) is 57.1 Å². The molecule has 306 valence electrons. The van der Waals surface area contributed by atoms with Crippen LogP contribution in [0.1, 0.15) is 63.7 Å². The van der Waals surface area contributed by atoms with E-state index in [-0.39, 0.29) is 22.5 Å². The molecule has 0 unspecified atom stereocenters. The number of anilines is 6. The first kappa shape index (κ1) is 42.0. The Hall–Kier alpha value is -7.62. The van der Waals surface area contributed by atoms with E-state index in [1.165, 1.54) is 60.7 Å². The highest BCUT2D eigenvalue weighted by Gasteiger charge is 2.39. The van der Waals surface area contributed by atoms with Gasteiger partial charge in [0.15, 0.2) is 0 Å². The topological polar surface area (TPSA) is 168 Å². The molecular weight excluding hydrogens is 791 g/mol. The Morgan fingerprint density at radius 1 is 0.417 bits per heavy atom. The van der Waals surface area contributed by atoms with E-state index in [0.717, 1.165) is 24.3 Å². The molecule has 6 aromatic rings. The molecule has 0 aromatic heterocycles. The number of hydrogen-bond donors (Lipinski definition) is 6. The Morgan fingerprint density at radius 2 is 0.733 bits per heavy atom. The van der Waals surface area contributed by atoms with Crippen LogP contribution in [0, 0.1) is 13.8 Å². The number of nitrogens with two attached hydrogens (primary N) is 2. The van der Waals surface area contributed by atoms with Gasteiger partial charge in [-0.05, 0) is 145 Å². The van der Waals surface area contributed by atoms with E-state index in [2.05, 4.69) is 21.3 Å². The van der Waals surface area contributed by atoms with Crippen molar-refractivity contribution < 1.29 is 45.5 Å². The van der Waals surface area contributed by atoms with Gasteiger partial charge in [0, 0.05) is 56.4 Å². The summed E-state index contributed by atoms with van der Waals surface area (Å²) in [5.41, 5.74) is 9.36. The van der Waals surface area contributed by atoms with Crippen LogP contribution >= 0.6 is 0 Å². The summed E-state index contributed by atoms with van der Waals surface area (Å²) in [4.78, 5) is 51.5. The number of rotatable bonds is 9. The molecule has 8 N–H and O–H groups in total. The fourth-order valence-corrected chi connectivity index (χ4v) is 6.14. The van der Waals surface area contributed by atoms with Crippen molar-refractivity contribution in [1.29, 1.82) is 0 Å². The number of carbonyl (C=O) groups is 4. The summed E-state index contributed by atoms with van der Waals surface area (Å²) < 4.78 is 87.0. The van der Waals surface area contributed by atoms with Crippen LogP contribution in [0.15, 0.2) is 121 Å². The summed E-state index contributed by atoms with van der Waals surface area (Å²) in [5.74, 6) is -2.53. The maximum absolute atomic E-state index is 14.5. The van der Waals surface area contributed by atoms with Crippen LogP contribution < -0.4 is 32.7 Å². The van der Waals surface area contributed by atoms with Crippen molar-refractivity contribution in [3.05, 3.63) is 166 Å². The summed E-state index contributed by atoms with van der Waals surface area (Å²) in [6.07, 6.45) is -10.3. The zero-order valence-electron chi connectivity index (χ0n) is 31.6. The predicted molar refractivity (Wildman–Crippen MR) is 218 cm³/mol. The Balaban J connectivity index is 1.20. The highest BCUT2D eigenvalue weighted by atomic mass is 19.4. The van der Waals surface area contributed by atoms with Crippen molar-refractivity contribution in [3.8, 4) is 11.1 Å². The van der Waals surface area contributed by atoms with Crippen molar-refractivity contribution in [2.45, 2.75) is 26.2 Å². The van der Waals surface area contributed by atoms with E-state index < -0.39 is 58.2 Å². The molecule has 0 saturated carbocycles. The molecule has 0 aliphatic carbocycles. The number of aryl methyl sites for hydroxylation is 2. The quantitative estimate of drug-likeness (QED) is 0.0627.